The van der Waals surface area contributed by atoms with Gasteiger partial charge in [0.2, 0.25) is 0 Å². The molecule has 1 aromatic rings. The average molecular weight is 339 g/mol. The first-order chi connectivity index (χ1) is 11.2. The summed E-state index contributed by atoms with van der Waals surface area (Å²) in [4.78, 5) is 24.7. The molecular weight excluding hydrogens is 314 g/mol. The molecule has 24 heavy (non-hydrogen) atoms. The quantitative estimate of drug-likeness (QED) is 0.633. The van der Waals surface area contributed by atoms with Crippen LogP contribution in [0.25, 0.3) is 0 Å². The van der Waals surface area contributed by atoms with Gasteiger partial charge in [0, 0.05) is 14.2 Å². The summed E-state index contributed by atoms with van der Waals surface area (Å²) in [6.45, 7) is 5.14. The summed E-state index contributed by atoms with van der Waals surface area (Å²) in [6, 6.07) is 8.90. The number of rotatable bonds is 6. The molecule has 134 valence electrons. The molecule has 0 saturated heterocycles. The topological polar surface area (TPSA) is 83.1 Å². The van der Waals surface area contributed by atoms with E-state index in [1.54, 1.807) is 45.0 Å². The summed E-state index contributed by atoms with van der Waals surface area (Å²) >= 11 is 0. The number of esters is 1. The molecule has 2 atom stereocenters. The zero-order valence-corrected chi connectivity index (χ0v) is 14.9. The summed E-state index contributed by atoms with van der Waals surface area (Å²) in [6.07, 6.45) is -1.77. The molecule has 0 aliphatic rings. The molecule has 0 aliphatic heterocycles. The number of hydrogen-bond acceptors (Lipinski definition) is 6. The Labute approximate surface area is 142 Å². The largest absolute Gasteiger partial charge is 0.465 e. The van der Waals surface area contributed by atoms with Crippen molar-refractivity contribution >= 4 is 12.1 Å². The number of hydrogen-bond donors (Lipinski definition) is 1. The van der Waals surface area contributed by atoms with Gasteiger partial charge in [-0.1, -0.05) is 30.3 Å². The number of benzene rings is 1. The van der Waals surface area contributed by atoms with Gasteiger partial charge in [0.1, 0.15) is 11.7 Å². The van der Waals surface area contributed by atoms with E-state index < -0.39 is 29.5 Å². The van der Waals surface area contributed by atoms with Gasteiger partial charge in [-0.2, -0.15) is 0 Å². The Hall–Kier alpha value is -2.12. The first kappa shape index (κ1) is 19.9. The summed E-state index contributed by atoms with van der Waals surface area (Å²) in [5.74, 6) is -0.813. The van der Waals surface area contributed by atoms with Gasteiger partial charge in [0.25, 0.3) is 5.72 Å². The minimum Gasteiger partial charge on any atom is -0.465 e. The van der Waals surface area contributed by atoms with Gasteiger partial charge in [-0.15, -0.1) is 0 Å². The molecule has 0 saturated carbocycles. The predicted octanol–water partition coefficient (Wildman–Crippen LogP) is 2.41. The molecule has 0 radical (unpaired) electrons. The second-order valence-electron chi connectivity index (χ2n) is 6.08. The Balaban J connectivity index is 3.27. The Morgan fingerprint density at radius 2 is 1.62 bits per heavy atom. The second-order valence-corrected chi connectivity index (χ2v) is 6.08. The zero-order valence-electron chi connectivity index (χ0n) is 14.9. The third kappa shape index (κ3) is 4.69. The lowest BCUT2D eigenvalue weighted by Gasteiger charge is -2.36. The maximum Gasteiger partial charge on any atom is 0.410 e. The van der Waals surface area contributed by atoms with Crippen molar-refractivity contribution in [3.8, 4) is 0 Å². The fourth-order valence-corrected chi connectivity index (χ4v) is 2.24. The van der Waals surface area contributed by atoms with Gasteiger partial charge in [0.15, 0.2) is 0 Å². The van der Waals surface area contributed by atoms with E-state index in [2.05, 4.69) is 5.32 Å². The number of nitrogens with one attached hydrogen (secondary N) is 1. The van der Waals surface area contributed by atoms with E-state index in [1.165, 1.54) is 21.3 Å². The van der Waals surface area contributed by atoms with Crippen molar-refractivity contribution in [1.82, 2.24) is 5.32 Å². The lowest BCUT2D eigenvalue weighted by molar-refractivity contribution is -0.192. The number of amides is 1. The maximum atomic E-state index is 12.4. The van der Waals surface area contributed by atoms with Gasteiger partial charge in [0.05, 0.1) is 7.11 Å². The zero-order chi connectivity index (χ0) is 18.4. The Morgan fingerprint density at radius 1 is 1.04 bits per heavy atom. The van der Waals surface area contributed by atoms with Crippen LogP contribution >= 0.6 is 0 Å². The average Bonchev–Trinajstić information content (AvgIpc) is 2.52. The third-order valence-corrected chi connectivity index (χ3v) is 3.20. The minimum atomic E-state index is -1.90. The highest BCUT2D eigenvalue weighted by Gasteiger charge is 2.51. The van der Waals surface area contributed by atoms with Gasteiger partial charge >= 0.3 is 12.1 Å². The van der Waals surface area contributed by atoms with Gasteiger partial charge in [-0.3, -0.25) is 5.32 Å². The van der Waals surface area contributed by atoms with Crippen LogP contribution in [0.1, 0.15) is 32.4 Å². The fraction of sp³-hybridized carbons (Fsp3) is 0.529. The number of alkyl carbamates (subject to hydrolysis) is 1. The van der Waals surface area contributed by atoms with Crippen molar-refractivity contribution in [2.75, 3.05) is 21.3 Å². The van der Waals surface area contributed by atoms with Crippen molar-refractivity contribution in [1.29, 1.82) is 0 Å². The number of carbonyl (C=O) groups excluding carboxylic acids is 2. The molecule has 0 spiro atoms. The molecule has 0 fully saturated rings. The van der Waals surface area contributed by atoms with Crippen LogP contribution in [-0.2, 0) is 23.7 Å². The highest BCUT2D eigenvalue weighted by atomic mass is 16.6. The summed E-state index contributed by atoms with van der Waals surface area (Å²) in [5, 5.41) is 2.45. The molecule has 0 aliphatic carbocycles. The molecule has 7 nitrogen and oxygen atoms in total. The minimum absolute atomic E-state index is 0.628. The van der Waals surface area contributed by atoms with E-state index in [0.717, 1.165) is 0 Å². The molecule has 1 rings (SSSR count). The summed E-state index contributed by atoms with van der Waals surface area (Å²) in [7, 11) is 3.89. The standard InChI is InChI=1S/C17H25NO6/c1-16(2,3)24-15(20)18-17(23-6,14(19)22-5)13(21-4)12-10-8-7-9-11-12/h7-11,13H,1-6H3,(H,18,20)/t13?,17-/m1/s1. The highest BCUT2D eigenvalue weighted by Crippen LogP contribution is 2.31. The molecule has 0 aromatic heterocycles. The molecular formula is C17H25NO6. The molecule has 1 N–H and O–H groups in total. The van der Waals surface area contributed by atoms with E-state index in [0.29, 0.717) is 5.56 Å². The van der Waals surface area contributed by atoms with Gasteiger partial charge in [-0.25, -0.2) is 9.59 Å². The van der Waals surface area contributed by atoms with Crippen molar-refractivity contribution in [3.05, 3.63) is 35.9 Å². The Bertz CT molecular complexity index is 554. The van der Waals surface area contributed by atoms with E-state index in [4.69, 9.17) is 18.9 Å². The maximum absolute atomic E-state index is 12.4. The normalized spacial score (nSPS) is 15.1. The van der Waals surface area contributed by atoms with Crippen LogP contribution < -0.4 is 5.32 Å². The van der Waals surface area contributed by atoms with Crippen molar-refractivity contribution in [3.63, 3.8) is 0 Å². The van der Waals surface area contributed by atoms with E-state index in [-0.39, 0.29) is 0 Å². The second kappa shape index (κ2) is 8.12. The van der Waals surface area contributed by atoms with E-state index >= 15 is 0 Å². The third-order valence-electron chi connectivity index (χ3n) is 3.20. The summed E-state index contributed by atoms with van der Waals surface area (Å²) < 4.78 is 20.9. The van der Waals surface area contributed by atoms with Crippen LogP contribution in [-0.4, -0.2) is 44.7 Å². The number of methoxy groups -OCH3 is 3. The molecule has 7 heteroatoms. The van der Waals surface area contributed by atoms with Crippen molar-refractivity contribution in [2.45, 2.75) is 38.2 Å². The van der Waals surface area contributed by atoms with Crippen LogP contribution in [0.15, 0.2) is 30.3 Å². The lowest BCUT2D eigenvalue weighted by atomic mass is 9.98. The number of ether oxygens (including phenoxy) is 4. The fourth-order valence-electron chi connectivity index (χ4n) is 2.24. The predicted molar refractivity (Wildman–Crippen MR) is 87.3 cm³/mol. The molecule has 1 unspecified atom stereocenters. The highest BCUT2D eigenvalue weighted by molar-refractivity contribution is 5.85. The van der Waals surface area contributed by atoms with Crippen LogP contribution in [0.3, 0.4) is 0 Å². The molecule has 1 aromatic carbocycles. The number of carbonyl (C=O) groups is 2. The van der Waals surface area contributed by atoms with E-state index in [9.17, 15) is 9.59 Å². The van der Waals surface area contributed by atoms with Gasteiger partial charge < -0.3 is 18.9 Å². The SMILES string of the molecule is COC(=O)[C@](NC(=O)OC(C)(C)C)(OC)C(OC)c1ccccc1. The monoisotopic (exact) mass is 339 g/mol. The van der Waals surface area contributed by atoms with Crippen LogP contribution in [0.2, 0.25) is 0 Å². The molecule has 1 amide bonds. The van der Waals surface area contributed by atoms with Gasteiger partial charge in [-0.05, 0) is 26.3 Å². The Morgan fingerprint density at radius 3 is 2.04 bits per heavy atom. The van der Waals surface area contributed by atoms with Crippen LogP contribution in [0.4, 0.5) is 4.79 Å². The van der Waals surface area contributed by atoms with Crippen molar-refractivity contribution in [2.24, 2.45) is 0 Å². The molecule has 0 bridgehead atoms. The van der Waals surface area contributed by atoms with E-state index in [1.807, 2.05) is 6.07 Å². The van der Waals surface area contributed by atoms with Crippen LogP contribution in [0, 0.1) is 0 Å². The first-order valence-corrected chi connectivity index (χ1v) is 7.42. The van der Waals surface area contributed by atoms with Crippen LogP contribution in [0.5, 0.6) is 0 Å². The first-order valence-electron chi connectivity index (χ1n) is 7.42. The smallest absolute Gasteiger partial charge is 0.410 e. The van der Waals surface area contributed by atoms with Crippen molar-refractivity contribution < 1.29 is 28.5 Å². The summed E-state index contributed by atoms with van der Waals surface area (Å²) in [5.41, 5.74) is -2.01. The lowest BCUT2D eigenvalue weighted by Crippen LogP contribution is -2.61. The molecule has 0 heterocycles. The Kier molecular flexibility index (Phi) is 6.74.